The highest BCUT2D eigenvalue weighted by Gasteiger charge is 2.20. The summed E-state index contributed by atoms with van der Waals surface area (Å²) in [5.41, 5.74) is 0. The zero-order valence-corrected chi connectivity index (χ0v) is 13.7. The first-order chi connectivity index (χ1) is 8.03. The van der Waals surface area contributed by atoms with Gasteiger partial charge in [0.2, 0.25) is 9.84 Å². The molecule has 0 aliphatic rings. The predicted octanol–water partition coefficient (Wildman–Crippen LogP) is 3.73. The highest BCUT2D eigenvalue weighted by Crippen LogP contribution is 2.28. The van der Waals surface area contributed by atoms with E-state index in [0.29, 0.717) is 9.79 Å². The van der Waals surface area contributed by atoms with Gasteiger partial charge in [-0.2, -0.15) is 0 Å². The minimum Gasteiger partial charge on any atom is -0.218 e. The van der Waals surface area contributed by atoms with E-state index >= 15 is 0 Å². The lowest BCUT2D eigenvalue weighted by molar-refractivity contribution is 0.595. The Morgan fingerprint density at radius 2 is 1.47 bits per heavy atom. The molecule has 0 heterocycles. The fourth-order valence-corrected chi connectivity index (χ4v) is 4.70. The lowest BCUT2D eigenvalue weighted by Crippen LogP contribution is -2.04. The van der Waals surface area contributed by atoms with Gasteiger partial charge in [-0.05, 0) is 69.4 Å². The number of sulfone groups is 1. The zero-order chi connectivity index (χ0) is 12.5. The molecule has 0 bridgehead atoms. The van der Waals surface area contributed by atoms with Crippen LogP contribution in [0.2, 0.25) is 0 Å². The molecule has 17 heavy (non-hydrogen) atoms. The molecule has 0 saturated carbocycles. The normalized spacial score (nSPS) is 11.4. The number of hydrogen-bond acceptors (Lipinski definition) is 2. The molecule has 5 heteroatoms. The van der Waals surface area contributed by atoms with Crippen molar-refractivity contribution in [3.63, 3.8) is 0 Å². The molecule has 0 fully saturated rings. The number of hydrogen-bond donors (Lipinski definition) is 0. The van der Waals surface area contributed by atoms with Crippen LogP contribution in [0.4, 0.5) is 0 Å². The van der Waals surface area contributed by atoms with Crippen LogP contribution in [-0.4, -0.2) is 8.42 Å². The molecule has 0 amide bonds. The van der Waals surface area contributed by atoms with Crippen molar-refractivity contribution in [3.05, 3.63) is 55.7 Å². The molecular weight excluding hydrogens is 462 g/mol. The maximum atomic E-state index is 12.4. The molecule has 0 radical (unpaired) electrons. The van der Waals surface area contributed by atoms with E-state index in [-0.39, 0.29) is 0 Å². The van der Waals surface area contributed by atoms with E-state index in [9.17, 15) is 8.42 Å². The minimum absolute atomic E-state index is 0.333. The Morgan fingerprint density at radius 3 is 2.12 bits per heavy atom. The molecule has 2 aromatic rings. The molecule has 0 aliphatic heterocycles. The summed E-state index contributed by atoms with van der Waals surface area (Å²) in [6.45, 7) is 0. The standard InChI is InChI=1S/C12H8I2O2S/c13-10-7-4-8-11(12(10)14)17(15,16)9-5-2-1-3-6-9/h1-8H. The molecule has 2 nitrogen and oxygen atoms in total. The van der Waals surface area contributed by atoms with Crippen LogP contribution in [0.5, 0.6) is 0 Å². The topological polar surface area (TPSA) is 34.1 Å². The third-order valence-corrected chi connectivity index (χ3v) is 7.53. The summed E-state index contributed by atoms with van der Waals surface area (Å²) in [6.07, 6.45) is 0. The van der Waals surface area contributed by atoms with Crippen molar-refractivity contribution in [2.24, 2.45) is 0 Å². The first kappa shape index (κ1) is 13.3. The molecule has 0 atom stereocenters. The minimum atomic E-state index is -3.40. The van der Waals surface area contributed by atoms with Gasteiger partial charge in [-0.1, -0.05) is 24.3 Å². The third-order valence-electron chi connectivity index (χ3n) is 2.26. The smallest absolute Gasteiger partial charge is 0.207 e. The number of benzene rings is 2. The van der Waals surface area contributed by atoms with Gasteiger partial charge < -0.3 is 0 Å². The number of rotatable bonds is 2. The summed E-state index contributed by atoms with van der Waals surface area (Å²) < 4.78 is 26.5. The second kappa shape index (κ2) is 5.23. The summed E-state index contributed by atoms with van der Waals surface area (Å²) in [6, 6.07) is 13.8. The van der Waals surface area contributed by atoms with Crippen molar-refractivity contribution in [3.8, 4) is 0 Å². The fourth-order valence-electron chi connectivity index (χ4n) is 1.42. The van der Waals surface area contributed by atoms with Gasteiger partial charge in [0.1, 0.15) is 0 Å². The fraction of sp³-hybridized carbons (Fsp3) is 0. The average Bonchev–Trinajstić information content (AvgIpc) is 2.33. The van der Waals surface area contributed by atoms with Gasteiger partial charge in [-0.15, -0.1) is 0 Å². The lowest BCUT2D eigenvalue weighted by Gasteiger charge is -2.07. The quantitative estimate of drug-likeness (QED) is 0.628. The van der Waals surface area contributed by atoms with Crippen molar-refractivity contribution < 1.29 is 8.42 Å². The Hall–Kier alpha value is -0.150. The van der Waals surface area contributed by atoms with E-state index < -0.39 is 9.84 Å². The summed E-state index contributed by atoms with van der Waals surface area (Å²) in [7, 11) is -3.40. The Balaban J connectivity index is 2.65. The van der Waals surface area contributed by atoms with Crippen LogP contribution in [0.25, 0.3) is 0 Å². The van der Waals surface area contributed by atoms with Crippen LogP contribution in [-0.2, 0) is 9.84 Å². The van der Waals surface area contributed by atoms with Crippen LogP contribution in [0.15, 0.2) is 58.3 Å². The van der Waals surface area contributed by atoms with E-state index in [1.165, 1.54) is 0 Å². The molecule has 2 rings (SSSR count). The maximum Gasteiger partial charge on any atom is 0.207 e. The van der Waals surface area contributed by atoms with E-state index in [1.807, 2.05) is 6.07 Å². The van der Waals surface area contributed by atoms with Crippen molar-refractivity contribution in [2.75, 3.05) is 0 Å². The van der Waals surface area contributed by atoms with Crippen LogP contribution < -0.4 is 0 Å². The first-order valence-corrected chi connectivity index (χ1v) is 8.41. The van der Waals surface area contributed by atoms with Crippen molar-refractivity contribution in [1.82, 2.24) is 0 Å². The van der Waals surface area contributed by atoms with Gasteiger partial charge in [-0.3, -0.25) is 0 Å². The van der Waals surface area contributed by atoms with Crippen molar-refractivity contribution in [2.45, 2.75) is 9.79 Å². The van der Waals surface area contributed by atoms with Crippen LogP contribution in [0.3, 0.4) is 0 Å². The van der Waals surface area contributed by atoms with E-state index in [0.717, 1.165) is 7.14 Å². The zero-order valence-electron chi connectivity index (χ0n) is 8.60. The molecule has 0 N–H and O–H groups in total. The monoisotopic (exact) mass is 470 g/mol. The van der Waals surface area contributed by atoms with E-state index in [1.54, 1.807) is 42.5 Å². The average molecular weight is 470 g/mol. The molecule has 0 saturated heterocycles. The van der Waals surface area contributed by atoms with E-state index in [2.05, 4.69) is 45.2 Å². The van der Waals surface area contributed by atoms with Crippen LogP contribution in [0, 0.1) is 7.14 Å². The van der Waals surface area contributed by atoms with Gasteiger partial charge in [-0.25, -0.2) is 8.42 Å². The Kier molecular flexibility index (Phi) is 4.09. The molecule has 0 spiro atoms. The summed E-state index contributed by atoms with van der Waals surface area (Å²) in [4.78, 5) is 0.705. The first-order valence-electron chi connectivity index (χ1n) is 4.77. The van der Waals surface area contributed by atoms with Crippen LogP contribution in [0.1, 0.15) is 0 Å². The summed E-state index contributed by atoms with van der Waals surface area (Å²) in [5.74, 6) is 0. The molecule has 2 aromatic carbocycles. The maximum absolute atomic E-state index is 12.4. The van der Waals surface area contributed by atoms with Gasteiger partial charge in [0.15, 0.2) is 0 Å². The largest absolute Gasteiger partial charge is 0.218 e. The van der Waals surface area contributed by atoms with Gasteiger partial charge >= 0.3 is 0 Å². The van der Waals surface area contributed by atoms with Gasteiger partial charge in [0, 0.05) is 7.14 Å². The molecule has 88 valence electrons. The van der Waals surface area contributed by atoms with Gasteiger partial charge in [0.05, 0.1) is 9.79 Å². The van der Waals surface area contributed by atoms with Gasteiger partial charge in [0.25, 0.3) is 0 Å². The summed E-state index contributed by atoms with van der Waals surface area (Å²) in [5, 5.41) is 0. The Labute approximate surface area is 128 Å². The SMILES string of the molecule is O=S(=O)(c1ccccc1)c1cccc(I)c1I. The Bertz CT molecular complexity index is 637. The second-order valence-electron chi connectivity index (χ2n) is 3.37. The highest BCUT2D eigenvalue weighted by atomic mass is 127. The van der Waals surface area contributed by atoms with Crippen LogP contribution >= 0.6 is 45.2 Å². The predicted molar refractivity (Wildman–Crippen MR) is 83.8 cm³/mol. The summed E-state index contributed by atoms with van der Waals surface area (Å²) >= 11 is 4.21. The molecule has 0 unspecified atom stereocenters. The second-order valence-corrected chi connectivity index (χ2v) is 7.53. The molecule has 0 aromatic heterocycles. The van der Waals surface area contributed by atoms with Crippen molar-refractivity contribution in [1.29, 1.82) is 0 Å². The Morgan fingerprint density at radius 1 is 0.824 bits per heavy atom. The molecular formula is C12H8I2O2S. The molecule has 0 aliphatic carbocycles. The number of halogens is 2. The third kappa shape index (κ3) is 2.65. The van der Waals surface area contributed by atoms with E-state index in [4.69, 9.17) is 0 Å². The van der Waals surface area contributed by atoms with Crippen molar-refractivity contribution >= 4 is 55.0 Å². The highest BCUT2D eigenvalue weighted by molar-refractivity contribution is 14.1. The lowest BCUT2D eigenvalue weighted by atomic mass is 10.4.